The molecule has 6 unspecified atom stereocenters. The Labute approximate surface area is 108 Å². The topological polar surface area (TPSA) is 0 Å². The van der Waals surface area contributed by atoms with E-state index in [1.165, 1.54) is 25.7 Å². The van der Waals surface area contributed by atoms with Gasteiger partial charge in [0.1, 0.15) is 0 Å². The standard InChI is InChI=1S/C17H30/c1-11-5-7-15-13(9-11)14-10-12(2)6-8-16(14)17(15,3)4/h11-16H,5-10H2,1-4H3. The second-order valence-electron chi connectivity index (χ2n) is 8.20. The summed E-state index contributed by atoms with van der Waals surface area (Å²) in [6.45, 7) is 10.2. The predicted octanol–water partition coefficient (Wildman–Crippen LogP) is 5.13. The van der Waals surface area contributed by atoms with Crippen molar-refractivity contribution in [1.82, 2.24) is 0 Å². The molecule has 17 heavy (non-hydrogen) atoms. The summed E-state index contributed by atoms with van der Waals surface area (Å²) in [6, 6.07) is 0. The SMILES string of the molecule is CC1CCC2C(C1)C1CC(C)CCC1C2(C)C. The molecule has 0 N–H and O–H groups in total. The maximum atomic E-state index is 2.60. The van der Waals surface area contributed by atoms with Crippen LogP contribution >= 0.6 is 0 Å². The Morgan fingerprint density at radius 2 is 1.12 bits per heavy atom. The maximum Gasteiger partial charge on any atom is -0.0292 e. The van der Waals surface area contributed by atoms with Gasteiger partial charge in [0.25, 0.3) is 0 Å². The number of rotatable bonds is 0. The maximum absolute atomic E-state index is 2.60. The molecular weight excluding hydrogens is 204 g/mol. The van der Waals surface area contributed by atoms with E-state index in [9.17, 15) is 0 Å². The lowest BCUT2D eigenvalue weighted by molar-refractivity contribution is 0.108. The van der Waals surface area contributed by atoms with Gasteiger partial charge >= 0.3 is 0 Å². The van der Waals surface area contributed by atoms with Gasteiger partial charge in [-0.1, -0.05) is 40.5 Å². The van der Waals surface area contributed by atoms with E-state index in [0.717, 1.165) is 35.5 Å². The summed E-state index contributed by atoms with van der Waals surface area (Å²) in [7, 11) is 0. The van der Waals surface area contributed by atoms with E-state index in [2.05, 4.69) is 27.7 Å². The minimum absolute atomic E-state index is 0.648. The summed E-state index contributed by atoms with van der Waals surface area (Å²) >= 11 is 0. The largest absolute Gasteiger partial charge is 0.0625 e. The van der Waals surface area contributed by atoms with Crippen LogP contribution in [0.4, 0.5) is 0 Å². The van der Waals surface area contributed by atoms with Gasteiger partial charge in [-0.15, -0.1) is 0 Å². The lowest BCUT2D eigenvalue weighted by Gasteiger charge is -2.39. The molecule has 3 fully saturated rings. The first-order valence-corrected chi connectivity index (χ1v) is 8.00. The second kappa shape index (κ2) is 4.00. The lowest BCUT2D eigenvalue weighted by Crippen LogP contribution is -2.30. The van der Waals surface area contributed by atoms with E-state index >= 15 is 0 Å². The summed E-state index contributed by atoms with van der Waals surface area (Å²) in [4.78, 5) is 0. The normalized spacial score (nSPS) is 52.9. The number of hydrogen-bond acceptors (Lipinski definition) is 0. The van der Waals surface area contributed by atoms with Crippen molar-refractivity contribution < 1.29 is 0 Å². The van der Waals surface area contributed by atoms with Gasteiger partial charge < -0.3 is 0 Å². The van der Waals surface area contributed by atoms with E-state index in [4.69, 9.17) is 0 Å². The molecule has 3 aliphatic carbocycles. The van der Waals surface area contributed by atoms with Crippen LogP contribution < -0.4 is 0 Å². The minimum atomic E-state index is 0.648. The van der Waals surface area contributed by atoms with Crippen LogP contribution in [0.1, 0.15) is 66.2 Å². The fraction of sp³-hybridized carbons (Fsp3) is 1.00. The number of fused-ring (bicyclic) bond motifs is 3. The van der Waals surface area contributed by atoms with Crippen molar-refractivity contribution in [3.05, 3.63) is 0 Å². The third-order valence-electron chi connectivity index (χ3n) is 6.78. The van der Waals surface area contributed by atoms with Crippen molar-refractivity contribution in [3.8, 4) is 0 Å². The van der Waals surface area contributed by atoms with Crippen molar-refractivity contribution in [3.63, 3.8) is 0 Å². The molecule has 0 heteroatoms. The Bertz CT molecular complexity index is 262. The van der Waals surface area contributed by atoms with Crippen LogP contribution in [0.15, 0.2) is 0 Å². The zero-order chi connectivity index (χ0) is 12.2. The lowest BCUT2D eigenvalue weighted by atomic mass is 9.66. The summed E-state index contributed by atoms with van der Waals surface area (Å²) in [6.07, 6.45) is 9.14. The van der Waals surface area contributed by atoms with Crippen LogP contribution in [0.25, 0.3) is 0 Å². The molecule has 0 aliphatic heterocycles. The first kappa shape index (κ1) is 12.1. The Morgan fingerprint density at radius 3 is 1.53 bits per heavy atom. The van der Waals surface area contributed by atoms with Gasteiger partial charge in [0.15, 0.2) is 0 Å². The van der Waals surface area contributed by atoms with E-state index in [1.807, 2.05) is 0 Å². The Morgan fingerprint density at radius 1 is 0.706 bits per heavy atom. The minimum Gasteiger partial charge on any atom is -0.0625 e. The molecule has 3 aliphatic rings. The third-order valence-corrected chi connectivity index (χ3v) is 6.78. The molecule has 0 aromatic carbocycles. The van der Waals surface area contributed by atoms with Crippen molar-refractivity contribution in [2.75, 3.05) is 0 Å². The van der Waals surface area contributed by atoms with E-state index in [0.29, 0.717) is 5.41 Å². The van der Waals surface area contributed by atoms with Gasteiger partial charge in [-0.2, -0.15) is 0 Å². The smallest absolute Gasteiger partial charge is 0.0292 e. The molecule has 6 atom stereocenters. The predicted molar refractivity (Wildman–Crippen MR) is 73.8 cm³/mol. The monoisotopic (exact) mass is 234 g/mol. The van der Waals surface area contributed by atoms with Crippen LogP contribution in [0.2, 0.25) is 0 Å². The molecule has 0 aromatic rings. The molecular formula is C17H30. The zero-order valence-corrected chi connectivity index (χ0v) is 12.2. The van der Waals surface area contributed by atoms with Gasteiger partial charge in [0.05, 0.1) is 0 Å². The highest BCUT2D eigenvalue weighted by Crippen LogP contribution is 2.64. The van der Waals surface area contributed by atoms with Crippen molar-refractivity contribution in [2.24, 2.45) is 40.9 Å². The average molecular weight is 234 g/mol. The molecule has 3 rings (SSSR count). The van der Waals surface area contributed by atoms with Crippen LogP contribution in [-0.2, 0) is 0 Å². The van der Waals surface area contributed by atoms with Gasteiger partial charge in [-0.05, 0) is 66.6 Å². The molecule has 0 nitrogen and oxygen atoms in total. The van der Waals surface area contributed by atoms with Gasteiger partial charge in [0.2, 0.25) is 0 Å². The van der Waals surface area contributed by atoms with Gasteiger partial charge in [0, 0.05) is 0 Å². The molecule has 0 spiro atoms. The Balaban J connectivity index is 1.88. The van der Waals surface area contributed by atoms with Crippen molar-refractivity contribution >= 4 is 0 Å². The molecule has 0 saturated heterocycles. The zero-order valence-electron chi connectivity index (χ0n) is 12.2. The second-order valence-corrected chi connectivity index (χ2v) is 8.20. The van der Waals surface area contributed by atoms with Crippen LogP contribution in [-0.4, -0.2) is 0 Å². The van der Waals surface area contributed by atoms with Crippen LogP contribution in [0.3, 0.4) is 0 Å². The quantitative estimate of drug-likeness (QED) is 0.545. The fourth-order valence-electron chi connectivity index (χ4n) is 5.92. The van der Waals surface area contributed by atoms with Crippen LogP contribution in [0.5, 0.6) is 0 Å². The van der Waals surface area contributed by atoms with Gasteiger partial charge in [-0.25, -0.2) is 0 Å². The summed E-state index contributed by atoms with van der Waals surface area (Å²) < 4.78 is 0. The van der Waals surface area contributed by atoms with Crippen molar-refractivity contribution in [1.29, 1.82) is 0 Å². The molecule has 98 valence electrons. The summed E-state index contributed by atoms with van der Waals surface area (Å²) in [5.41, 5.74) is 0.648. The Kier molecular flexibility index (Phi) is 2.84. The molecule has 3 saturated carbocycles. The van der Waals surface area contributed by atoms with E-state index in [1.54, 1.807) is 12.8 Å². The molecule has 0 heterocycles. The fourth-order valence-corrected chi connectivity index (χ4v) is 5.92. The van der Waals surface area contributed by atoms with E-state index in [-0.39, 0.29) is 0 Å². The molecule has 0 aromatic heterocycles. The summed E-state index contributed by atoms with van der Waals surface area (Å²) in [5, 5.41) is 0. The first-order valence-electron chi connectivity index (χ1n) is 8.00. The third kappa shape index (κ3) is 1.78. The molecule has 0 amide bonds. The van der Waals surface area contributed by atoms with Crippen LogP contribution in [0, 0.1) is 40.9 Å². The highest BCUT2D eigenvalue weighted by molar-refractivity contribution is 5.05. The Hall–Kier alpha value is 0. The van der Waals surface area contributed by atoms with Gasteiger partial charge in [-0.3, -0.25) is 0 Å². The average Bonchev–Trinajstić information content (AvgIpc) is 2.47. The number of hydrogen-bond donors (Lipinski definition) is 0. The first-order chi connectivity index (χ1) is 8.00. The molecule has 0 bridgehead atoms. The molecule has 0 radical (unpaired) electrons. The highest BCUT2D eigenvalue weighted by atomic mass is 14.6. The van der Waals surface area contributed by atoms with E-state index < -0.39 is 0 Å². The van der Waals surface area contributed by atoms with Crippen molar-refractivity contribution in [2.45, 2.75) is 66.2 Å². The highest BCUT2D eigenvalue weighted by Gasteiger charge is 2.56. The summed E-state index contributed by atoms with van der Waals surface area (Å²) in [5.74, 6) is 6.28.